The van der Waals surface area contributed by atoms with Crippen molar-refractivity contribution < 1.29 is 9.59 Å². The van der Waals surface area contributed by atoms with Crippen LogP contribution in [0.5, 0.6) is 0 Å². The molecule has 0 fully saturated rings. The van der Waals surface area contributed by atoms with Crippen molar-refractivity contribution in [2.24, 2.45) is 4.99 Å². The Morgan fingerprint density at radius 3 is 2.67 bits per heavy atom. The summed E-state index contributed by atoms with van der Waals surface area (Å²) in [5.74, 6) is -0.508. The zero-order valence-corrected chi connectivity index (χ0v) is 7.57. The van der Waals surface area contributed by atoms with Crippen molar-refractivity contribution in [2.75, 3.05) is 0 Å². The van der Waals surface area contributed by atoms with Crippen molar-refractivity contribution in [2.45, 2.75) is 13.8 Å². The van der Waals surface area contributed by atoms with Crippen molar-refractivity contribution in [1.82, 2.24) is 0 Å². The van der Waals surface area contributed by atoms with Gasteiger partial charge in [0.05, 0.1) is 4.88 Å². The SMILES string of the molecule is Cc1cc(C(=O)N=C=O)sc1C. The fourth-order valence-electron chi connectivity index (χ4n) is 0.775. The van der Waals surface area contributed by atoms with Gasteiger partial charge in [-0.05, 0) is 25.5 Å². The number of hydrogen-bond donors (Lipinski definition) is 0. The molecule has 62 valence electrons. The van der Waals surface area contributed by atoms with Crippen molar-refractivity contribution in [3.05, 3.63) is 21.4 Å². The molecule has 1 aromatic rings. The molecule has 0 unspecified atom stereocenters. The number of isocyanates is 1. The molecule has 0 aliphatic rings. The van der Waals surface area contributed by atoms with E-state index in [1.54, 1.807) is 6.07 Å². The van der Waals surface area contributed by atoms with Crippen LogP contribution in [0.25, 0.3) is 0 Å². The van der Waals surface area contributed by atoms with E-state index in [0.717, 1.165) is 10.4 Å². The quantitative estimate of drug-likeness (QED) is 0.490. The Bertz CT molecular complexity index is 342. The van der Waals surface area contributed by atoms with Gasteiger partial charge in [-0.15, -0.1) is 16.3 Å². The van der Waals surface area contributed by atoms with Crippen LogP contribution in [0.15, 0.2) is 11.1 Å². The van der Waals surface area contributed by atoms with E-state index in [4.69, 9.17) is 0 Å². The average Bonchev–Trinajstić information content (AvgIpc) is 2.33. The molecule has 0 radical (unpaired) electrons. The predicted octanol–water partition coefficient (Wildman–Crippen LogP) is 1.84. The summed E-state index contributed by atoms with van der Waals surface area (Å²) in [6.45, 7) is 3.83. The fraction of sp³-hybridized carbons (Fsp3) is 0.250. The third kappa shape index (κ3) is 1.67. The first-order valence-corrected chi connectivity index (χ1v) is 4.16. The van der Waals surface area contributed by atoms with Gasteiger partial charge in [0.25, 0.3) is 5.91 Å². The number of aliphatic imine (C=N–C) groups is 1. The number of rotatable bonds is 1. The summed E-state index contributed by atoms with van der Waals surface area (Å²) in [7, 11) is 0. The van der Waals surface area contributed by atoms with Crippen LogP contribution in [0.1, 0.15) is 20.1 Å². The second-order valence-corrected chi connectivity index (χ2v) is 3.61. The highest BCUT2D eigenvalue weighted by atomic mass is 32.1. The Balaban J connectivity index is 3.04. The minimum absolute atomic E-state index is 0.494. The molecular weight excluding hydrogens is 174 g/mol. The Labute approximate surface area is 73.7 Å². The minimum Gasteiger partial charge on any atom is -0.265 e. The van der Waals surface area contributed by atoms with Gasteiger partial charge in [-0.3, -0.25) is 4.79 Å². The zero-order chi connectivity index (χ0) is 9.14. The number of nitrogens with zero attached hydrogens (tertiary/aromatic N) is 1. The molecule has 0 spiro atoms. The molecular formula is C8H7NO2S. The predicted molar refractivity (Wildman–Crippen MR) is 46.2 cm³/mol. The lowest BCUT2D eigenvalue weighted by atomic mass is 10.3. The topological polar surface area (TPSA) is 46.5 Å². The number of amides is 1. The lowest BCUT2D eigenvalue weighted by Crippen LogP contribution is -1.88. The van der Waals surface area contributed by atoms with Gasteiger partial charge in [-0.25, -0.2) is 4.79 Å². The molecule has 4 heteroatoms. The van der Waals surface area contributed by atoms with Crippen molar-refractivity contribution in [3.63, 3.8) is 0 Å². The van der Waals surface area contributed by atoms with Crippen LogP contribution in [-0.4, -0.2) is 12.0 Å². The van der Waals surface area contributed by atoms with E-state index in [2.05, 4.69) is 4.99 Å². The molecule has 0 aliphatic heterocycles. The maximum absolute atomic E-state index is 11.0. The van der Waals surface area contributed by atoms with Crippen molar-refractivity contribution >= 4 is 23.3 Å². The molecule has 0 atom stereocenters. The Morgan fingerprint density at radius 1 is 1.58 bits per heavy atom. The van der Waals surface area contributed by atoms with Gasteiger partial charge in [-0.1, -0.05) is 0 Å². The van der Waals surface area contributed by atoms with Gasteiger partial charge in [0, 0.05) is 4.88 Å². The average molecular weight is 181 g/mol. The van der Waals surface area contributed by atoms with Gasteiger partial charge in [0.2, 0.25) is 6.08 Å². The first kappa shape index (κ1) is 8.84. The van der Waals surface area contributed by atoms with E-state index >= 15 is 0 Å². The van der Waals surface area contributed by atoms with Gasteiger partial charge < -0.3 is 0 Å². The van der Waals surface area contributed by atoms with Crippen LogP contribution in [0.4, 0.5) is 0 Å². The van der Waals surface area contributed by atoms with Crippen LogP contribution in [0.2, 0.25) is 0 Å². The van der Waals surface area contributed by atoms with Gasteiger partial charge in [0.15, 0.2) is 0 Å². The van der Waals surface area contributed by atoms with Gasteiger partial charge in [0.1, 0.15) is 0 Å². The molecule has 0 saturated heterocycles. The molecule has 12 heavy (non-hydrogen) atoms. The Hall–Kier alpha value is -1.25. The molecule has 0 saturated carbocycles. The monoisotopic (exact) mass is 181 g/mol. The maximum Gasteiger partial charge on any atom is 0.297 e. The molecule has 1 aromatic heterocycles. The summed E-state index contributed by atoms with van der Waals surface area (Å²) >= 11 is 1.34. The number of thiophene rings is 1. The number of aryl methyl sites for hydroxylation is 2. The largest absolute Gasteiger partial charge is 0.297 e. The number of hydrogen-bond acceptors (Lipinski definition) is 3. The molecule has 3 nitrogen and oxygen atoms in total. The maximum atomic E-state index is 11.0. The Morgan fingerprint density at radius 2 is 2.25 bits per heavy atom. The molecule has 0 bridgehead atoms. The normalized spacial score (nSPS) is 9.17. The molecule has 1 heterocycles. The highest BCUT2D eigenvalue weighted by Gasteiger charge is 2.08. The first-order chi connectivity index (χ1) is 5.65. The summed E-state index contributed by atoms with van der Waals surface area (Å²) in [5, 5.41) is 0. The molecule has 0 aromatic carbocycles. The van der Waals surface area contributed by atoms with Crippen LogP contribution in [-0.2, 0) is 4.79 Å². The number of carbonyl (C=O) groups is 1. The Kier molecular flexibility index (Phi) is 2.53. The van der Waals surface area contributed by atoms with E-state index in [-0.39, 0.29) is 0 Å². The summed E-state index contributed by atoms with van der Waals surface area (Å²) in [6.07, 6.45) is 1.23. The lowest BCUT2D eigenvalue weighted by Gasteiger charge is -1.81. The van der Waals surface area contributed by atoms with Crippen LogP contribution < -0.4 is 0 Å². The second-order valence-electron chi connectivity index (χ2n) is 2.36. The highest BCUT2D eigenvalue weighted by Crippen LogP contribution is 2.20. The molecule has 1 rings (SSSR count). The summed E-state index contributed by atoms with van der Waals surface area (Å²) in [6, 6.07) is 1.73. The van der Waals surface area contributed by atoms with E-state index in [0.29, 0.717) is 4.88 Å². The highest BCUT2D eigenvalue weighted by molar-refractivity contribution is 7.14. The van der Waals surface area contributed by atoms with Crippen molar-refractivity contribution in [3.8, 4) is 0 Å². The minimum atomic E-state index is -0.508. The zero-order valence-electron chi connectivity index (χ0n) is 6.75. The standard InChI is InChI=1S/C8H7NO2S/c1-5-3-7(12-6(5)2)8(11)9-4-10/h3H,1-2H3. The molecule has 0 aliphatic carbocycles. The second kappa shape index (κ2) is 3.43. The number of carbonyl (C=O) groups excluding carboxylic acids is 2. The van der Waals surface area contributed by atoms with Gasteiger partial charge in [-0.2, -0.15) is 0 Å². The van der Waals surface area contributed by atoms with E-state index in [9.17, 15) is 9.59 Å². The summed E-state index contributed by atoms with van der Waals surface area (Å²) < 4.78 is 0. The van der Waals surface area contributed by atoms with Crippen LogP contribution >= 0.6 is 11.3 Å². The van der Waals surface area contributed by atoms with Crippen molar-refractivity contribution in [1.29, 1.82) is 0 Å². The van der Waals surface area contributed by atoms with Gasteiger partial charge >= 0.3 is 0 Å². The van der Waals surface area contributed by atoms with E-state index in [1.165, 1.54) is 17.4 Å². The molecule has 1 amide bonds. The fourth-order valence-corrected chi connectivity index (χ4v) is 1.69. The van der Waals surface area contributed by atoms with E-state index in [1.807, 2.05) is 13.8 Å². The summed E-state index contributed by atoms with van der Waals surface area (Å²) in [5.41, 5.74) is 1.05. The molecule has 0 N–H and O–H groups in total. The third-order valence-electron chi connectivity index (χ3n) is 1.52. The van der Waals surface area contributed by atoms with E-state index < -0.39 is 5.91 Å². The smallest absolute Gasteiger partial charge is 0.265 e. The third-order valence-corrected chi connectivity index (χ3v) is 2.66. The first-order valence-electron chi connectivity index (χ1n) is 3.34. The lowest BCUT2D eigenvalue weighted by molar-refractivity contribution is 0.101. The van der Waals surface area contributed by atoms with Crippen LogP contribution in [0, 0.1) is 13.8 Å². The van der Waals surface area contributed by atoms with Crippen LogP contribution in [0.3, 0.4) is 0 Å². The summed E-state index contributed by atoms with van der Waals surface area (Å²) in [4.78, 5) is 25.3.